The number of carbonyl (C=O) groups is 3. The van der Waals surface area contributed by atoms with Crippen molar-refractivity contribution in [2.45, 2.75) is 30.1 Å². The van der Waals surface area contributed by atoms with Gasteiger partial charge in [0.05, 0.1) is 11.3 Å². The van der Waals surface area contributed by atoms with Crippen molar-refractivity contribution in [2.24, 2.45) is 0 Å². The summed E-state index contributed by atoms with van der Waals surface area (Å²) in [5, 5.41) is 21.0. The maximum absolute atomic E-state index is 13.3. The molecule has 0 fully saturated rings. The van der Waals surface area contributed by atoms with E-state index in [1.807, 2.05) is 35.7 Å². The van der Waals surface area contributed by atoms with Gasteiger partial charge in [0.25, 0.3) is 11.8 Å². The maximum Gasteiger partial charge on any atom is 0.272 e. The van der Waals surface area contributed by atoms with Crippen LogP contribution in [0.15, 0.2) is 113 Å². The van der Waals surface area contributed by atoms with Gasteiger partial charge in [0.15, 0.2) is 0 Å². The second-order valence-corrected chi connectivity index (χ2v) is 14.0. The Balaban J connectivity index is 1.08. The van der Waals surface area contributed by atoms with Crippen molar-refractivity contribution in [1.29, 1.82) is 5.26 Å². The van der Waals surface area contributed by atoms with Crippen LogP contribution in [0.2, 0.25) is 0 Å². The highest BCUT2D eigenvalue weighted by molar-refractivity contribution is 8.00. The van der Waals surface area contributed by atoms with Crippen LogP contribution in [0.1, 0.15) is 49.1 Å². The molecular weight excluding hydrogens is 645 g/mol. The molecule has 0 saturated carbocycles. The molecule has 1 atom stereocenters. The molecule has 3 amide bonds. The van der Waals surface area contributed by atoms with Crippen LogP contribution in [0.3, 0.4) is 0 Å². The number of hydrogen-bond acceptors (Lipinski definition) is 7. The van der Waals surface area contributed by atoms with Crippen molar-refractivity contribution in [3.63, 3.8) is 0 Å². The lowest BCUT2D eigenvalue weighted by Gasteiger charge is -2.22. The number of anilines is 2. The number of thioether (sulfide) groups is 1. The van der Waals surface area contributed by atoms with Crippen molar-refractivity contribution in [1.82, 2.24) is 5.32 Å². The van der Waals surface area contributed by atoms with E-state index in [1.165, 1.54) is 44.9 Å². The number of nitriles is 1. The molecule has 1 aliphatic rings. The first kappa shape index (κ1) is 32.0. The number of nitrogens with zero attached hydrogens (tertiary/aromatic N) is 1. The molecule has 234 valence electrons. The second-order valence-electron chi connectivity index (χ2n) is 10.9. The molecule has 7 nitrogen and oxygen atoms in total. The molecule has 0 saturated heterocycles. The van der Waals surface area contributed by atoms with Crippen LogP contribution in [-0.4, -0.2) is 23.5 Å². The van der Waals surface area contributed by atoms with Crippen LogP contribution in [0, 0.1) is 11.3 Å². The molecular formula is C37H30N4O3S3. The maximum atomic E-state index is 13.3. The molecule has 47 heavy (non-hydrogen) atoms. The Morgan fingerprint density at radius 1 is 0.936 bits per heavy atom. The van der Waals surface area contributed by atoms with Crippen LogP contribution in [0.25, 0.3) is 6.08 Å². The summed E-state index contributed by atoms with van der Waals surface area (Å²) in [6.45, 7) is 0. The number of thiophene rings is 2. The summed E-state index contributed by atoms with van der Waals surface area (Å²) in [5.74, 6) is -0.523. The number of fused-ring (bicyclic) bond motifs is 1. The largest absolute Gasteiger partial charge is 0.321 e. The minimum absolute atomic E-state index is 0.112. The topological polar surface area (TPSA) is 111 Å². The van der Waals surface area contributed by atoms with E-state index < -0.39 is 5.91 Å². The van der Waals surface area contributed by atoms with E-state index in [9.17, 15) is 19.6 Å². The zero-order valence-electron chi connectivity index (χ0n) is 25.2. The molecule has 1 aliphatic carbocycles. The van der Waals surface area contributed by atoms with Crippen LogP contribution >= 0.6 is 34.4 Å². The summed E-state index contributed by atoms with van der Waals surface area (Å²) < 4.78 is 0. The quantitative estimate of drug-likeness (QED) is 0.102. The molecule has 0 aliphatic heterocycles. The molecule has 0 radical (unpaired) electrons. The number of hydrogen-bond donors (Lipinski definition) is 3. The number of carbonyl (C=O) groups excluding carboxylic acids is 3. The lowest BCUT2D eigenvalue weighted by atomic mass is 9.83. The normalized spacial score (nSPS) is 14.0. The van der Waals surface area contributed by atoms with E-state index in [1.54, 1.807) is 48.5 Å². The molecule has 3 aromatic carbocycles. The first-order valence-electron chi connectivity index (χ1n) is 15.0. The molecule has 0 spiro atoms. The average molecular weight is 675 g/mol. The highest BCUT2D eigenvalue weighted by Crippen LogP contribution is 2.42. The van der Waals surface area contributed by atoms with Crippen molar-refractivity contribution in [3.8, 4) is 6.07 Å². The van der Waals surface area contributed by atoms with Gasteiger partial charge in [-0.1, -0.05) is 60.7 Å². The number of amides is 3. The summed E-state index contributed by atoms with van der Waals surface area (Å²) >= 11 is 4.29. The summed E-state index contributed by atoms with van der Waals surface area (Å²) in [7, 11) is 0. The van der Waals surface area contributed by atoms with Gasteiger partial charge in [0.2, 0.25) is 5.91 Å². The van der Waals surface area contributed by atoms with E-state index >= 15 is 0 Å². The smallest absolute Gasteiger partial charge is 0.272 e. The fraction of sp³-hybridized carbons (Fsp3) is 0.135. The van der Waals surface area contributed by atoms with Gasteiger partial charge < -0.3 is 16.0 Å². The van der Waals surface area contributed by atoms with E-state index in [4.69, 9.17) is 0 Å². The van der Waals surface area contributed by atoms with Gasteiger partial charge in [-0.25, -0.2) is 0 Å². The Labute approximate surface area is 285 Å². The first-order valence-corrected chi connectivity index (χ1v) is 17.7. The molecule has 2 heterocycles. The van der Waals surface area contributed by atoms with E-state index in [0.29, 0.717) is 27.7 Å². The molecule has 1 unspecified atom stereocenters. The van der Waals surface area contributed by atoms with Crippen molar-refractivity contribution >= 4 is 68.9 Å². The fourth-order valence-electron chi connectivity index (χ4n) is 5.43. The third kappa shape index (κ3) is 8.07. The van der Waals surface area contributed by atoms with Gasteiger partial charge in [-0.05, 0) is 84.2 Å². The molecule has 6 rings (SSSR count). The van der Waals surface area contributed by atoms with Gasteiger partial charge in [-0.2, -0.15) is 5.26 Å². The SMILES string of the molecule is N#Cc1c(NC(=O)CSc2cccc(NC(=O)/C(=C/c3cccs3)NC(=O)c3ccccc3)c2)sc2c1CCC(c1ccccc1)C2. The zero-order valence-corrected chi connectivity index (χ0v) is 27.6. The molecule has 0 bridgehead atoms. The average Bonchev–Trinajstić information content (AvgIpc) is 3.74. The molecule has 2 aromatic heterocycles. The Hall–Kier alpha value is -4.95. The van der Waals surface area contributed by atoms with Gasteiger partial charge in [-0.15, -0.1) is 34.4 Å². The van der Waals surface area contributed by atoms with Crippen molar-refractivity contribution in [2.75, 3.05) is 16.4 Å². The van der Waals surface area contributed by atoms with E-state index in [-0.39, 0.29) is 23.3 Å². The Morgan fingerprint density at radius 3 is 2.47 bits per heavy atom. The molecule has 3 N–H and O–H groups in total. The molecule has 10 heteroatoms. The zero-order chi connectivity index (χ0) is 32.6. The fourth-order valence-corrected chi connectivity index (χ4v) is 8.14. The lowest BCUT2D eigenvalue weighted by Crippen LogP contribution is -2.30. The predicted octanol–water partition coefficient (Wildman–Crippen LogP) is 8.09. The number of rotatable bonds is 10. The molecule has 5 aromatic rings. The Bertz CT molecular complexity index is 1960. The minimum Gasteiger partial charge on any atom is -0.321 e. The summed E-state index contributed by atoms with van der Waals surface area (Å²) in [5.41, 5.74) is 4.01. The van der Waals surface area contributed by atoms with Crippen LogP contribution in [-0.2, 0) is 22.4 Å². The predicted molar refractivity (Wildman–Crippen MR) is 191 cm³/mol. The summed E-state index contributed by atoms with van der Waals surface area (Å²) in [6.07, 6.45) is 4.30. The van der Waals surface area contributed by atoms with Gasteiger partial charge in [0, 0.05) is 25.9 Å². The van der Waals surface area contributed by atoms with Gasteiger partial charge in [0.1, 0.15) is 16.8 Å². The van der Waals surface area contributed by atoms with Crippen molar-refractivity contribution in [3.05, 3.63) is 140 Å². The summed E-state index contributed by atoms with van der Waals surface area (Å²) in [6, 6.07) is 32.4. The van der Waals surface area contributed by atoms with E-state index in [2.05, 4.69) is 46.3 Å². The van der Waals surface area contributed by atoms with Gasteiger partial charge >= 0.3 is 0 Å². The highest BCUT2D eigenvalue weighted by atomic mass is 32.2. The third-order valence-corrected chi connectivity index (χ3v) is 10.7. The van der Waals surface area contributed by atoms with Crippen LogP contribution in [0.5, 0.6) is 0 Å². The van der Waals surface area contributed by atoms with Gasteiger partial charge in [-0.3, -0.25) is 14.4 Å². The first-order chi connectivity index (χ1) is 23.0. The summed E-state index contributed by atoms with van der Waals surface area (Å²) in [4.78, 5) is 42.0. The Morgan fingerprint density at radius 2 is 1.72 bits per heavy atom. The minimum atomic E-state index is -0.470. The number of nitrogens with one attached hydrogen (secondary N) is 3. The Kier molecular flexibility index (Phi) is 10.3. The van der Waals surface area contributed by atoms with Crippen LogP contribution < -0.4 is 16.0 Å². The monoisotopic (exact) mass is 674 g/mol. The lowest BCUT2D eigenvalue weighted by molar-refractivity contribution is -0.114. The van der Waals surface area contributed by atoms with E-state index in [0.717, 1.165) is 34.6 Å². The van der Waals surface area contributed by atoms with Crippen LogP contribution in [0.4, 0.5) is 10.7 Å². The standard InChI is InChI=1S/C37H30N4O3S3/c38-22-31-30-17-16-26(24-9-3-1-4-10-24)19-33(30)47-37(31)41-34(42)23-46-28-14-7-13-27(20-28)39-36(44)32(21-29-15-8-18-45-29)40-35(43)25-11-5-2-6-12-25/h1-15,18,20-21,26H,16-17,19,23H2,(H,39,44)(H,40,43)(H,41,42)/b32-21-. The van der Waals surface area contributed by atoms with Crippen molar-refractivity contribution < 1.29 is 14.4 Å². The highest BCUT2D eigenvalue weighted by Gasteiger charge is 2.27. The third-order valence-electron chi connectivity index (χ3n) is 7.72. The number of benzene rings is 3. The second kappa shape index (κ2) is 15.1.